The first-order chi connectivity index (χ1) is 8.58. The first kappa shape index (κ1) is 12.4. The molecule has 2 rings (SSSR count). The molecule has 0 unspecified atom stereocenters. The fourth-order valence-corrected chi connectivity index (χ4v) is 1.76. The number of nitrogens with two attached hydrogens (primary N) is 1. The number of anilines is 2. The van der Waals surface area contributed by atoms with Gasteiger partial charge in [0.25, 0.3) is 5.91 Å². The molecule has 0 fully saturated rings. The molecule has 18 heavy (non-hydrogen) atoms. The van der Waals surface area contributed by atoms with Crippen LogP contribution in [0.3, 0.4) is 0 Å². The Morgan fingerprint density at radius 1 is 1.39 bits per heavy atom. The molecule has 0 radical (unpaired) electrons. The van der Waals surface area contributed by atoms with E-state index in [1.165, 1.54) is 0 Å². The topological polar surface area (TPSA) is 68.0 Å². The van der Waals surface area contributed by atoms with Crippen LogP contribution in [0, 0.1) is 6.92 Å². The molecule has 0 saturated heterocycles. The second-order valence-corrected chi connectivity index (χ2v) is 4.23. The highest BCUT2D eigenvalue weighted by atomic mass is 35.5. The lowest BCUT2D eigenvalue weighted by molar-refractivity contribution is 0.102. The van der Waals surface area contributed by atoms with Gasteiger partial charge in [-0.05, 0) is 31.2 Å². The number of nitrogens with zero attached hydrogens (tertiary/aromatic N) is 1. The predicted molar refractivity (Wildman–Crippen MR) is 72.8 cm³/mol. The number of rotatable bonds is 2. The normalized spacial score (nSPS) is 10.1. The largest absolute Gasteiger partial charge is 0.398 e. The van der Waals surface area contributed by atoms with E-state index >= 15 is 0 Å². The highest BCUT2D eigenvalue weighted by molar-refractivity contribution is 6.36. The van der Waals surface area contributed by atoms with Crippen molar-refractivity contribution in [3.63, 3.8) is 0 Å². The summed E-state index contributed by atoms with van der Waals surface area (Å²) in [4.78, 5) is 16.1. The molecular weight excluding hydrogens is 250 g/mol. The zero-order valence-corrected chi connectivity index (χ0v) is 10.5. The van der Waals surface area contributed by atoms with Crippen LogP contribution >= 0.6 is 11.6 Å². The van der Waals surface area contributed by atoms with Gasteiger partial charge in [0, 0.05) is 17.6 Å². The Balaban J connectivity index is 2.25. The predicted octanol–water partition coefficient (Wildman–Crippen LogP) is 2.88. The molecule has 4 nitrogen and oxygen atoms in total. The second kappa shape index (κ2) is 5.06. The number of hydrogen-bond acceptors (Lipinski definition) is 3. The monoisotopic (exact) mass is 261 g/mol. The van der Waals surface area contributed by atoms with E-state index in [9.17, 15) is 4.79 Å². The Morgan fingerprint density at radius 2 is 2.17 bits per heavy atom. The summed E-state index contributed by atoms with van der Waals surface area (Å²) in [6, 6.07) is 8.45. The van der Waals surface area contributed by atoms with E-state index in [-0.39, 0.29) is 10.9 Å². The first-order valence-corrected chi connectivity index (χ1v) is 5.73. The highest BCUT2D eigenvalue weighted by Gasteiger charge is 2.12. The minimum absolute atomic E-state index is 0.265. The van der Waals surface area contributed by atoms with Crippen LogP contribution in [0.25, 0.3) is 0 Å². The molecular formula is C13H12ClN3O. The lowest BCUT2D eigenvalue weighted by Gasteiger charge is -2.08. The standard InChI is InChI=1S/C13H12ClN3O/c1-8-7-9(5-6-16-8)17-13(18)10-3-2-4-11(15)12(10)14/h2-7H,15H2,1H3,(H,16,17,18). The van der Waals surface area contributed by atoms with Gasteiger partial charge in [0.15, 0.2) is 0 Å². The molecule has 0 bridgehead atoms. The zero-order chi connectivity index (χ0) is 13.1. The summed E-state index contributed by atoms with van der Waals surface area (Å²) in [5, 5.41) is 3.01. The van der Waals surface area contributed by atoms with Crippen molar-refractivity contribution in [2.24, 2.45) is 0 Å². The van der Waals surface area contributed by atoms with Crippen LogP contribution in [0.5, 0.6) is 0 Å². The van der Waals surface area contributed by atoms with Gasteiger partial charge in [-0.3, -0.25) is 9.78 Å². The summed E-state index contributed by atoms with van der Waals surface area (Å²) in [5.74, 6) is -0.294. The van der Waals surface area contributed by atoms with Crippen molar-refractivity contribution >= 4 is 28.9 Å². The van der Waals surface area contributed by atoms with Gasteiger partial charge >= 0.3 is 0 Å². The lowest BCUT2D eigenvalue weighted by Crippen LogP contribution is -2.13. The summed E-state index contributed by atoms with van der Waals surface area (Å²) in [5.41, 5.74) is 7.89. The van der Waals surface area contributed by atoms with Crippen molar-refractivity contribution in [1.29, 1.82) is 0 Å². The molecule has 1 amide bonds. The van der Waals surface area contributed by atoms with Gasteiger partial charge in [0.05, 0.1) is 16.3 Å². The summed E-state index contributed by atoms with van der Waals surface area (Å²) in [6.45, 7) is 1.85. The number of carbonyl (C=O) groups excluding carboxylic acids is 1. The van der Waals surface area contributed by atoms with Crippen molar-refractivity contribution in [3.8, 4) is 0 Å². The molecule has 5 heteroatoms. The SMILES string of the molecule is Cc1cc(NC(=O)c2cccc(N)c2Cl)ccn1. The summed E-state index contributed by atoms with van der Waals surface area (Å²) >= 11 is 5.99. The molecule has 2 aromatic rings. The third kappa shape index (κ3) is 2.60. The third-order valence-corrected chi connectivity index (χ3v) is 2.85. The molecule has 1 aromatic carbocycles. The molecule has 0 aliphatic heterocycles. The van der Waals surface area contributed by atoms with E-state index in [2.05, 4.69) is 10.3 Å². The van der Waals surface area contributed by atoms with E-state index in [1.54, 1.807) is 36.5 Å². The van der Waals surface area contributed by atoms with E-state index in [0.717, 1.165) is 5.69 Å². The third-order valence-electron chi connectivity index (χ3n) is 2.43. The average Bonchev–Trinajstić information content (AvgIpc) is 2.32. The molecule has 3 N–H and O–H groups in total. The maximum Gasteiger partial charge on any atom is 0.257 e. The molecule has 0 atom stereocenters. The number of benzene rings is 1. The zero-order valence-electron chi connectivity index (χ0n) is 9.77. The number of halogens is 1. The quantitative estimate of drug-likeness (QED) is 0.817. The van der Waals surface area contributed by atoms with Gasteiger partial charge in [-0.2, -0.15) is 0 Å². The van der Waals surface area contributed by atoms with Crippen LogP contribution in [-0.4, -0.2) is 10.9 Å². The van der Waals surface area contributed by atoms with Crippen molar-refractivity contribution in [2.75, 3.05) is 11.1 Å². The molecule has 92 valence electrons. The van der Waals surface area contributed by atoms with E-state index in [0.29, 0.717) is 16.9 Å². The van der Waals surface area contributed by atoms with Gasteiger partial charge in [-0.1, -0.05) is 17.7 Å². The summed E-state index contributed by atoms with van der Waals surface area (Å²) in [6.07, 6.45) is 1.63. The van der Waals surface area contributed by atoms with Crippen molar-refractivity contribution in [3.05, 3.63) is 52.8 Å². The number of carbonyl (C=O) groups is 1. The minimum Gasteiger partial charge on any atom is -0.398 e. The number of hydrogen-bond donors (Lipinski definition) is 2. The Morgan fingerprint density at radius 3 is 2.89 bits per heavy atom. The maximum atomic E-state index is 12.0. The van der Waals surface area contributed by atoms with Gasteiger partial charge in [-0.25, -0.2) is 0 Å². The lowest BCUT2D eigenvalue weighted by atomic mass is 10.2. The number of nitrogen functional groups attached to an aromatic ring is 1. The molecule has 1 heterocycles. The number of aromatic nitrogens is 1. The average molecular weight is 262 g/mol. The van der Waals surface area contributed by atoms with Gasteiger partial charge in [0.2, 0.25) is 0 Å². The number of nitrogens with one attached hydrogen (secondary N) is 1. The van der Waals surface area contributed by atoms with E-state index in [4.69, 9.17) is 17.3 Å². The molecule has 0 saturated carbocycles. The fourth-order valence-electron chi connectivity index (χ4n) is 1.55. The molecule has 0 spiro atoms. The number of pyridine rings is 1. The van der Waals surface area contributed by atoms with E-state index < -0.39 is 0 Å². The van der Waals surface area contributed by atoms with Gasteiger partial charge in [-0.15, -0.1) is 0 Å². The minimum atomic E-state index is -0.294. The van der Waals surface area contributed by atoms with Crippen LogP contribution in [0.15, 0.2) is 36.5 Å². The summed E-state index contributed by atoms with van der Waals surface area (Å²) in [7, 11) is 0. The highest BCUT2D eigenvalue weighted by Crippen LogP contribution is 2.23. The Labute approximate surface area is 110 Å². The first-order valence-electron chi connectivity index (χ1n) is 5.36. The molecule has 1 aromatic heterocycles. The smallest absolute Gasteiger partial charge is 0.257 e. The molecule has 0 aliphatic carbocycles. The van der Waals surface area contributed by atoms with Gasteiger partial charge in [0.1, 0.15) is 0 Å². The number of aryl methyl sites for hydroxylation is 1. The second-order valence-electron chi connectivity index (χ2n) is 3.85. The Hall–Kier alpha value is -2.07. The van der Waals surface area contributed by atoms with Crippen LogP contribution in [-0.2, 0) is 0 Å². The van der Waals surface area contributed by atoms with Gasteiger partial charge < -0.3 is 11.1 Å². The van der Waals surface area contributed by atoms with Crippen LogP contribution in [0.4, 0.5) is 11.4 Å². The van der Waals surface area contributed by atoms with Crippen LogP contribution in [0.1, 0.15) is 16.1 Å². The Bertz CT molecular complexity index is 599. The molecule has 0 aliphatic rings. The fraction of sp³-hybridized carbons (Fsp3) is 0.0769. The number of amides is 1. The van der Waals surface area contributed by atoms with E-state index in [1.807, 2.05) is 6.92 Å². The van der Waals surface area contributed by atoms with Crippen LogP contribution in [0.2, 0.25) is 5.02 Å². The van der Waals surface area contributed by atoms with Crippen molar-refractivity contribution < 1.29 is 4.79 Å². The van der Waals surface area contributed by atoms with Crippen molar-refractivity contribution in [1.82, 2.24) is 4.98 Å². The maximum absolute atomic E-state index is 12.0. The van der Waals surface area contributed by atoms with Crippen LogP contribution < -0.4 is 11.1 Å². The summed E-state index contributed by atoms with van der Waals surface area (Å²) < 4.78 is 0. The van der Waals surface area contributed by atoms with Crippen molar-refractivity contribution in [2.45, 2.75) is 6.92 Å². The Kier molecular flexibility index (Phi) is 3.48.